The van der Waals surface area contributed by atoms with Gasteiger partial charge in [-0.2, -0.15) is 0 Å². The Morgan fingerprint density at radius 3 is 2.75 bits per heavy atom. The van der Waals surface area contributed by atoms with Crippen molar-refractivity contribution < 1.29 is 4.42 Å². The van der Waals surface area contributed by atoms with Crippen LogP contribution in [0.25, 0.3) is 11.1 Å². The molecule has 1 unspecified atom stereocenters. The highest BCUT2D eigenvalue weighted by atomic mass is 16.4. The average Bonchev–Trinajstić information content (AvgIpc) is 2.76. The molecule has 0 amide bonds. The van der Waals surface area contributed by atoms with Gasteiger partial charge < -0.3 is 9.73 Å². The number of hydrogen-bond acceptors (Lipinski definition) is 3. The number of benzene rings is 1. The molecule has 0 bridgehead atoms. The minimum atomic E-state index is -0.296. The van der Waals surface area contributed by atoms with Gasteiger partial charge in [0.25, 0.3) is 0 Å². The second-order valence-electron chi connectivity index (χ2n) is 5.82. The molecule has 108 valence electrons. The van der Waals surface area contributed by atoms with Crippen molar-refractivity contribution in [2.75, 3.05) is 7.05 Å². The first-order chi connectivity index (χ1) is 9.70. The second kappa shape index (κ2) is 5.44. The lowest BCUT2D eigenvalue weighted by molar-refractivity contribution is 0.281. The van der Waals surface area contributed by atoms with Gasteiger partial charge in [0.1, 0.15) is 0 Å². The Kier molecular flexibility index (Phi) is 3.66. The van der Waals surface area contributed by atoms with E-state index in [9.17, 15) is 4.79 Å². The summed E-state index contributed by atoms with van der Waals surface area (Å²) >= 11 is 0. The molecule has 1 heterocycles. The normalized spacial score (nSPS) is 18.5. The summed E-state index contributed by atoms with van der Waals surface area (Å²) in [6.45, 7) is 0. The largest absolute Gasteiger partial charge is 0.419 e. The fourth-order valence-corrected chi connectivity index (χ4v) is 3.49. The summed E-state index contributed by atoms with van der Waals surface area (Å²) in [6, 6.07) is 6.48. The third-order valence-corrected chi connectivity index (χ3v) is 4.61. The molecule has 3 rings (SSSR count). The number of oxazole rings is 1. The number of nitrogens with one attached hydrogen (secondary N) is 1. The third kappa shape index (κ3) is 2.29. The minimum absolute atomic E-state index is 0.296. The molecule has 1 aliphatic carbocycles. The van der Waals surface area contributed by atoms with Gasteiger partial charge in [0.15, 0.2) is 5.58 Å². The van der Waals surface area contributed by atoms with Crippen molar-refractivity contribution in [2.24, 2.45) is 13.0 Å². The van der Waals surface area contributed by atoms with Crippen molar-refractivity contribution in [1.29, 1.82) is 0 Å². The Morgan fingerprint density at radius 1 is 1.30 bits per heavy atom. The van der Waals surface area contributed by atoms with Crippen LogP contribution in [0, 0.1) is 5.92 Å². The highest BCUT2D eigenvalue weighted by molar-refractivity contribution is 5.73. The zero-order valence-corrected chi connectivity index (χ0v) is 12.2. The summed E-state index contributed by atoms with van der Waals surface area (Å²) in [5.74, 6) is 0.387. The molecule has 1 aliphatic rings. The van der Waals surface area contributed by atoms with Crippen LogP contribution < -0.4 is 11.1 Å². The van der Waals surface area contributed by atoms with Gasteiger partial charge in [-0.05, 0) is 43.5 Å². The topological polar surface area (TPSA) is 47.2 Å². The van der Waals surface area contributed by atoms with Gasteiger partial charge in [0.2, 0.25) is 0 Å². The van der Waals surface area contributed by atoms with Crippen LogP contribution in [0.5, 0.6) is 0 Å². The van der Waals surface area contributed by atoms with Gasteiger partial charge in [0, 0.05) is 13.1 Å². The van der Waals surface area contributed by atoms with Crippen LogP contribution in [-0.2, 0) is 7.05 Å². The van der Waals surface area contributed by atoms with Crippen molar-refractivity contribution in [3.05, 3.63) is 34.3 Å². The van der Waals surface area contributed by atoms with E-state index in [1.807, 2.05) is 19.2 Å². The molecule has 1 atom stereocenters. The molecular formula is C16H22N2O2. The Labute approximate surface area is 118 Å². The molecule has 1 aromatic heterocycles. The molecule has 0 radical (unpaired) electrons. The maximum absolute atomic E-state index is 11.6. The van der Waals surface area contributed by atoms with Crippen LogP contribution in [-0.4, -0.2) is 11.6 Å². The monoisotopic (exact) mass is 274 g/mol. The van der Waals surface area contributed by atoms with Gasteiger partial charge in [-0.25, -0.2) is 4.79 Å². The zero-order chi connectivity index (χ0) is 14.1. The van der Waals surface area contributed by atoms with Gasteiger partial charge in [0.05, 0.1) is 5.52 Å². The fraction of sp³-hybridized carbons (Fsp3) is 0.562. The predicted octanol–water partition coefficient (Wildman–Crippen LogP) is 2.97. The fourth-order valence-electron chi connectivity index (χ4n) is 3.49. The Bertz CT molecular complexity index is 650. The van der Waals surface area contributed by atoms with E-state index in [0.29, 0.717) is 17.5 Å². The summed E-state index contributed by atoms with van der Waals surface area (Å²) in [4.78, 5) is 11.6. The molecule has 1 saturated carbocycles. The highest BCUT2D eigenvalue weighted by Crippen LogP contribution is 2.35. The van der Waals surface area contributed by atoms with Gasteiger partial charge in [-0.1, -0.05) is 25.3 Å². The van der Waals surface area contributed by atoms with Crippen LogP contribution in [0.3, 0.4) is 0 Å². The van der Waals surface area contributed by atoms with Crippen LogP contribution in [0.1, 0.15) is 43.7 Å². The molecule has 0 spiro atoms. The van der Waals surface area contributed by atoms with E-state index in [1.165, 1.54) is 37.7 Å². The first-order valence-corrected chi connectivity index (χ1v) is 7.47. The molecule has 1 N–H and O–H groups in total. The third-order valence-electron chi connectivity index (χ3n) is 4.61. The minimum Gasteiger partial charge on any atom is -0.408 e. The van der Waals surface area contributed by atoms with Gasteiger partial charge in [-0.3, -0.25) is 4.57 Å². The smallest absolute Gasteiger partial charge is 0.408 e. The van der Waals surface area contributed by atoms with Crippen LogP contribution in [0.4, 0.5) is 0 Å². The lowest BCUT2D eigenvalue weighted by Gasteiger charge is -2.30. The first-order valence-electron chi connectivity index (χ1n) is 7.47. The van der Waals surface area contributed by atoms with Crippen molar-refractivity contribution in [3.8, 4) is 0 Å². The summed E-state index contributed by atoms with van der Waals surface area (Å²) in [6.07, 6.45) is 6.57. The summed E-state index contributed by atoms with van der Waals surface area (Å²) in [5.41, 5.74) is 2.77. The molecule has 0 aliphatic heterocycles. The number of nitrogens with zero attached hydrogens (tertiary/aromatic N) is 1. The van der Waals surface area contributed by atoms with Crippen molar-refractivity contribution in [3.63, 3.8) is 0 Å². The summed E-state index contributed by atoms with van der Waals surface area (Å²) < 4.78 is 6.85. The Morgan fingerprint density at radius 2 is 2.05 bits per heavy atom. The zero-order valence-electron chi connectivity index (χ0n) is 12.2. The van der Waals surface area contributed by atoms with E-state index >= 15 is 0 Å². The number of aryl methyl sites for hydroxylation is 1. The molecular weight excluding hydrogens is 252 g/mol. The molecule has 1 fully saturated rings. The van der Waals surface area contributed by atoms with Crippen molar-refractivity contribution in [1.82, 2.24) is 9.88 Å². The van der Waals surface area contributed by atoms with E-state index in [4.69, 9.17) is 4.42 Å². The average molecular weight is 274 g/mol. The lowest BCUT2D eigenvalue weighted by Crippen LogP contribution is -2.26. The molecule has 4 nitrogen and oxygen atoms in total. The maximum atomic E-state index is 11.6. The van der Waals surface area contributed by atoms with Crippen LogP contribution in [0.15, 0.2) is 27.4 Å². The first kappa shape index (κ1) is 13.4. The SMILES string of the molecule is CNC(c1ccc2c(c1)oc(=O)n2C)C1CCCCC1. The molecule has 20 heavy (non-hydrogen) atoms. The van der Waals surface area contributed by atoms with Crippen LogP contribution >= 0.6 is 0 Å². The standard InChI is InChI=1S/C16H22N2O2/c1-17-15(11-6-4-3-5-7-11)12-8-9-13-14(10-12)20-16(19)18(13)2/h8-11,15,17H,3-7H2,1-2H3. The molecule has 1 aromatic carbocycles. The van der Waals surface area contributed by atoms with Crippen molar-refractivity contribution >= 4 is 11.1 Å². The maximum Gasteiger partial charge on any atom is 0.419 e. The Balaban J connectivity index is 1.96. The lowest BCUT2D eigenvalue weighted by atomic mass is 9.81. The molecule has 4 heteroatoms. The summed E-state index contributed by atoms with van der Waals surface area (Å²) in [7, 11) is 3.76. The van der Waals surface area contributed by atoms with E-state index in [1.54, 1.807) is 11.6 Å². The van der Waals surface area contributed by atoms with E-state index in [2.05, 4.69) is 11.4 Å². The number of fused-ring (bicyclic) bond motifs is 1. The second-order valence-corrected chi connectivity index (χ2v) is 5.82. The number of hydrogen-bond donors (Lipinski definition) is 1. The van der Waals surface area contributed by atoms with Crippen LogP contribution in [0.2, 0.25) is 0 Å². The van der Waals surface area contributed by atoms with E-state index in [-0.39, 0.29) is 5.76 Å². The molecule has 2 aromatic rings. The van der Waals surface area contributed by atoms with E-state index < -0.39 is 0 Å². The predicted molar refractivity (Wildman–Crippen MR) is 79.8 cm³/mol. The Hall–Kier alpha value is -1.55. The number of rotatable bonds is 3. The van der Waals surface area contributed by atoms with Crippen molar-refractivity contribution in [2.45, 2.75) is 38.1 Å². The molecule has 0 saturated heterocycles. The highest BCUT2D eigenvalue weighted by Gasteiger charge is 2.24. The van der Waals surface area contributed by atoms with Gasteiger partial charge in [-0.15, -0.1) is 0 Å². The summed E-state index contributed by atoms with van der Waals surface area (Å²) in [5, 5.41) is 3.45. The number of aromatic nitrogens is 1. The van der Waals surface area contributed by atoms with Gasteiger partial charge >= 0.3 is 5.76 Å². The van der Waals surface area contributed by atoms with E-state index in [0.717, 1.165) is 5.52 Å². The quantitative estimate of drug-likeness (QED) is 0.936.